The average molecular weight is 471 g/mol. The van der Waals surface area contributed by atoms with Crippen molar-refractivity contribution in [2.24, 2.45) is 0 Å². The van der Waals surface area contributed by atoms with Crippen molar-refractivity contribution >= 4 is 34.9 Å². The number of nitrogens with one attached hydrogen (secondary N) is 2. The Morgan fingerprint density at radius 1 is 1.17 bits per heavy atom. The van der Waals surface area contributed by atoms with E-state index in [-0.39, 0.29) is 18.4 Å². The molecule has 1 aliphatic heterocycles. The van der Waals surface area contributed by atoms with Gasteiger partial charge in [-0.25, -0.2) is 0 Å². The van der Waals surface area contributed by atoms with E-state index in [0.717, 1.165) is 70.8 Å². The van der Waals surface area contributed by atoms with Crippen LogP contribution in [0.15, 0.2) is 46.9 Å². The summed E-state index contributed by atoms with van der Waals surface area (Å²) in [5.41, 5.74) is 7.42. The molecule has 1 unspecified atom stereocenters. The zero-order valence-electron chi connectivity index (χ0n) is 20.1. The summed E-state index contributed by atoms with van der Waals surface area (Å²) in [4.78, 5) is 24.2. The van der Waals surface area contributed by atoms with E-state index in [2.05, 4.69) is 17.6 Å². The normalized spacial score (nSPS) is 16.5. The molecular formula is C29H30N2O4. The number of carbonyl (C=O) groups is 2. The second kappa shape index (κ2) is 9.45. The summed E-state index contributed by atoms with van der Waals surface area (Å²) in [6.45, 7) is 4.09. The second-order valence-corrected chi connectivity index (χ2v) is 9.40. The Balaban J connectivity index is 1.57. The highest BCUT2D eigenvalue weighted by Crippen LogP contribution is 2.41. The lowest BCUT2D eigenvalue weighted by atomic mass is 9.90. The molecule has 0 saturated carbocycles. The molecule has 6 heteroatoms. The number of benzene rings is 2. The molecule has 2 heterocycles. The Hall–Kier alpha value is -3.80. The lowest BCUT2D eigenvalue weighted by Crippen LogP contribution is -2.11. The van der Waals surface area contributed by atoms with Crippen molar-refractivity contribution in [1.82, 2.24) is 0 Å². The highest BCUT2D eigenvalue weighted by Gasteiger charge is 2.30. The number of anilines is 2. The Labute approximate surface area is 205 Å². The van der Waals surface area contributed by atoms with Gasteiger partial charge in [0.2, 0.25) is 0 Å². The third-order valence-corrected chi connectivity index (χ3v) is 7.05. The molecule has 1 atom stereocenters. The Bertz CT molecular complexity index is 1320. The number of hydrogen-bond acceptors (Lipinski definition) is 4. The predicted molar refractivity (Wildman–Crippen MR) is 137 cm³/mol. The minimum atomic E-state index is -0.833. The van der Waals surface area contributed by atoms with Gasteiger partial charge < -0.3 is 20.2 Å². The molecule has 180 valence electrons. The van der Waals surface area contributed by atoms with Gasteiger partial charge in [0.25, 0.3) is 5.91 Å². The molecule has 3 aromatic rings. The third-order valence-electron chi connectivity index (χ3n) is 7.05. The van der Waals surface area contributed by atoms with Crippen molar-refractivity contribution in [1.29, 1.82) is 0 Å². The molecule has 1 aromatic heterocycles. The van der Waals surface area contributed by atoms with Gasteiger partial charge in [-0.1, -0.05) is 24.3 Å². The number of para-hydroxylation sites is 1. The first kappa shape index (κ1) is 23.0. The number of aliphatic carboxylic acids is 1. The number of carbonyl (C=O) groups excluding carboxylic acids is 1. The zero-order chi connectivity index (χ0) is 24.5. The minimum Gasteiger partial charge on any atom is -0.481 e. The van der Waals surface area contributed by atoms with Gasteiger partial charge in [-0.05, 0) is 80.5 Å². The summed E-state index contributed by atoms with van der Waals surface area (Å²) in [7, 11) is 0. The molecule has 6 nitrogen and oxygen atoms in total. The van der Waals surface area contributed by atoms with Crippen molar-refractivity contribution in [3.63, 3.8) is 0 Å². The van der Waals surface area contributed by atoms with E-state index >= 15 is 0 Å². The van der Waals surface area contributed by atoms with E-state index in [9.17, 15) is 9.59 Å². The van der Waals surface area contributed by atoms with Crippen LogP contribution in [0.4, 0.5) is 11.4 Å². The molecule has 5 rings (SSSR count). The van der Waals surface area contributed by atoms with Gasteiger partial charge in [-0.15, -0.1) is 0 Å². The van der Waals surface area contributed by atoms with Crippen LogP contribution in [-0.2, 0) is 28.9 Å². The van der Waals surface area contributed by atoms with Gasteiger partial charge in [0.1, 0.15) is 11.5 Å². The molecule has 2 aromatic carbocycles. The minimum absolute atomic E-state index is 0.00165. The number of amides is 1. The molecule has 0 spiro atoms. The largest absolute Gasteiger partial charge is 0.481 e. The number of carboxylic acid groups (broad SMARTS) is 1. The van der Waals surface area contributed by atoms with E-state index in [1.54, 1.807) is 0 Å². The molecule has 0 bridgehead atoms. The van der Waals surface area contributed by atoms with Crippen molar-refractivity contribution in [3.8, 4) is 0 Å². The summed E-state index contributed by atoms with van der Waals surface area (Å²) < 4.78 is 6.40. The fourth-order valence-corrected chi connectivity index (χ4v) is 5.34. The van der Waals surface area contributed by atoms with Crippen molar-refractivity contribution < 1.29 is 19.1 Å². The molecule has 0 fully saturated rings. The number of rotatable bonds is 7. The Morgan fingerprint density at radius 3 is 2.71 bits per heavy atom. The number of aryl methyl sites for hydroxylation is 2. The smallest absolute Gasteiger partial charge is 0.303 e. The van der Waals surface area contributed by atoms with E-state index in [1.807, 2.05) is 55.5 Å². The molecule has 2 aliphatic rings. The number of carboxylic acids is 1. The van der Waals surface area contributed by atoms with Gasteiger partial charge in [0.15, 0.2) is 0 Å². The maximum absolute atomic E-state index is 13.0. The van der Waals surface area contributed by atoms with Crippen LogP contribution in [0.1, 0.15) is 71.6 Å². The van der Waals surface area contributed by atoms with Crippen LogP contribution in [0.25, 0.3) is 11.6 Å². The topological polar surface area (TPSA) is 91.6 Å². The van der Waals surface area contributed by atoms with Crippen LogP contribution in [0.3, 0.4) is 0 Å². The molecule has 1 amide bonds. The highest BCUT2D eigenvalue weighted by molar-refractivity contribution is 6.35. The van der Waals surface area contributed by atoms with Gasteiger partial charge in [0, 0.05) is 35.3 Å². The number of hydrogen-bond donors (Lipinski definition) is 3. The maximum atomic E-state index is 13.0. The van der Waals surface area contributed by atoms with Crippen molar-refractivity contribution in [2.45, 2.75) is 58.4 Å². The molecular weight excluding hydrogens is 440 g/mol. The first-order chi connectivity index (χ1) is 16.9. The lowest BCUT2D eigenvalue weighted by Gasteiger charge is -2.18. The maximum Gasteiger partial charge on any atom is 0.303 e. The predicted octanol–water partition coefficient (Wildman–Crippen LogP) is 6.15. The van der Waals surface area contributed by atoms with Crippen molar-refractivity contribution in [3.05, 3.63) is 81.8 Å². The highest BCUT2D eigenvalue weighted by atomic mass is 16.4. The standard InChI is InChI=1S/C29H30N2O4/c1-17-19(13-15-26(32)33)12-14-23-27(17)22(29(34)31-23)16-25-28(21-10-6-7-11-24(21)35-25)18(2)30-20-8-4-3-5-9-20/h3-5,8-9,12,14,16,18,30H,6-7,10-11,13,15H2,1-2H3,(H,31,34)(H,32,33). The summed E-state index contributed by atoms with van der Waals surface area (Å²) >= 11 is 0. The summed E-state index contributed by atoms with van der Waals surface area (Å²) in [5.74, 6) is 0.745. The van der Waals surface area contributed by atoms with Crippen LogP contribution in [-0.4, -0.2) is 17.0 Å². The van der Waals surface area contributed by atoms with Crippen LogP contribution in [0.2, 0.25) is 0 Å². The molecule has 0 saturated heterocycles. The zero-order valence-corrected chi connectivity index (χ0v) is 20.1. The molecule has 0 radical (unpaired) electrons. The quantitative estimate of drug-likeness (QED) is 0.360. The Kier molecular flexibility index (Phi) is 6.20. The average Bonchev–Trinajstić information content (AvgIpc) is 3.36. The first-order valence-electron chi connectivity index (χ1n) is 12.3. The SMILES string of the molecule is Cc1c(CCC(=O)O)ccc2c1C(=Cc1oc3c(c1C(C)Nc1ccccc1)CCCC3)C(=O)N2. The Morgan fingerprint density at radius 2 is 1.94 bits per heavy atom. The van der Waals surface area contributed by atoms with Crippen molar-refractivity contribution in [2.75, 3.05) is 10.6 Å². The van der Waals surface area contributed by atoms with Crippen LogP contribution in [0.5, 0.6) is 0 Å². The third kappa shape index (κ3) is 4.48. The summed E-state index contributed by atoms with van der Waals surface area (Å²) in [5, 5.41) is 15.7. The molecule has 35 heavy (non-hydrogen) atoms. The summed E-state index contributed by atoms with van der Waals surface area (Å²) in [6, 6.07) is 13.9. The lowest BCUT2D eigenvalue weighted by molar-refractivity contribution is -0.137. The molecule has 1 aliphatic carbocycles. The van der Waals surface area contributed by atoms with Gasteiger partial charge >= 0.3 is 5.97 Å². The second-order valence-electron chi connectivity index (χ2n) is 9.40. The molecule has 3 N–H and O–H groups in total. The van der Waals surface area contributed by atoms with Crippen LogP contribution in [0, 0.1) is 6.92 Å². The van der Waals surface area contributed by atoms with Gasteiger partial charge in [-0.2, -0.15) is 0 Å². The van der Waals surface area contributed by atoms with E-state index in [4.69, 9.17) is 9.52 Å². The number of fused-ring (bicyclic) bond motifs is 2. The fraction of sp³-hybridized carbons (Fsp3) is 0.310. The first-order valence-corrected chi connectivity index (χ1v) is 12.3. The van der Waals surface area contributed by atoms with E-state index in [1.165, 1.54) is 5.56 Å². The number of furan rings is 1. The fourth-order valence-electron chi connectivity index (χ4n) is 5.34. The van der Waals surface area contributed by atoms with Crippen LogP contribution < -0.4 is 10.6 Å². The van der Waals surface area contributed by atoms with Crippen LogP contribution >= 0.6 is 0 Å². The van der Waals surface area contributed by atoms with E-state index in [0.29, 0.717) is 12.0 Å². The van der Waals surface area contributed by atoms with E-state index < -0.39 is 5.97 Å². The van der Waals surface area contributed by atoms with Gasteiger partial charge in [-0.3, -0.25) is 9.59 Å². The van der Waals surface area contributed by atoms with Gasteiger partial charge in [0.05, 0.1) is 11.6 Å². The summed E-state index contributed by atoms with van der Waals surface area (Å²) in [6.07, 6.45) is 6.47. The monoisotopic (exact) mass is 470 g/mol.